The van der Waals surface area contributed by atoms with Gasteiger partial charge >= 0.3 is 0 Å². The zero-order chi connectivity index (χ0) is 20.3. The maximum Gasteiger partial charge on any atom is 0.245 e. The van der Waals surface area contributed by atoms with E-state index in [1.165, 1.54) is 7.11 Å². The molecule has 6 nitrogen and oxygen atoms in total. The van der Waals surface area contributed by atoms with Gasteiger partial charge in [-0.15, -0.1) is 0 Å². The SMILES string of the molecule is COc1ccc(Cl)cc1NC(=O)CN(c1cccc2ccccc12)S(C)(=O)=O. The minimum Gasteiger partial charge on any atom is -0.495 e. The molecule has 3 aromatic carbocycles. The molecule has 0 saturated carbocycles. The Labute approximate surface area is 168 Å². The van der Waals surface area contributed by atoms with E-state index in [2.05, 4.69) is 5.32 Å². The largest absolute Gasteiger partial charge is 0.495 e. The summed E-state index contributed by atoms with van der Waals surface area (Å²) in [7, 11) is -2.24. The van der Waals surface area contributed by atoms with Crippen molar-refractivity contribution in [2.75, 3.05) is 29.5 Å². The number of halogens is 1. The zero-order valence-electron chi connectivity index (χ0n) is 15.3. The third-order valence-electron chi connectivity index (χ3n) is 4.16. The molecule has 0 aliphatic heterocycles. The number of nitrogens with zero attached hydrogens (tertiary/aromatic N) is 1. The fraction of sp³-hybridized carbons (Fsp3) is 0.150. The van der Waals surface area contributed by atoms with E-state index in [0.717, 1.165) is 21.3 Å². The maximum atomic E-state index is 12.6. The highest BCUT2D eigenvalue weighted by Crippen LogP contribution is 2.30. The molecule has 1 N–H and O–H groups in total. The van der Waals surface area contributed by atoms with Gasteiger partial charge in [0.25, 0.3) is 0 Å². The molecular weight excluding hydrogens is 400 g/mol. The van der Waals surface area contributed by atoms with Crippen molar-refractivity contribution in [3.63, 3.8) is 0 Å². The summed E-state index contributed by atoms with van der Waals surface area (Å²) in [6, 6.07) is 17.5. The summed E-state index contributed by atoms with van der Waals surface area (Å²) < 4.78 is 31.2. The van der Waals surface area contributed by atoms with Crippen LogP contribution in [0.1, 0.15) is 0 Å². The van der Waals surface area contributed by atoms with E-state index in [1.807, 2.05) is 30.3 Å². The van der Waals surface area contributed by atoms with E-state index in [9.17, 15) is 13.2 Å². The van der Waals surface area contributed by atoms with Crippen molar-refractivity contribution < 1.29 is 17.9 Å². The molecule has 0 spiro atoms. The van der Waals surface area contributed by atoms with Crippen LogP contribution in [0.25, 0.3) is 10.8 Å². The Kier molecular flexibility index (Phi) is 5.76. The molecule has 0 radical (unpaired) electrons. The van der Waals surface area contributed by atoms with Crippen LogP contribution in [-0.2, 0) is 14.8 Å². The second-order valence-electron chi connectivity index (χ2n) is 6.16. The number of carbonyl (C=O) groups is 1. The number of nitrogens with one attached hydrogen (secondary N) is 1. The van der Waals surface area contributed by atoms with Crippen molar-refractivity contribution in [2.45, 2.75) is 0 Å². The van der Waals surface area contributed by atoms with Gasteiger partial charge in [-0.05, 0) is 29.7 Å². The number of hydrogen-bond donors (Lipinski definition) is 1. The lowest BCUT2D eigenvalue weighted by molar-refractivity contribution is -0.114. The smallest absolute Gasteiger partial charge is 0.245 e. The first-order valence-corrected chi connectivity index (χ1v) is 10.6. The number of anilines is 2. The number of benzene rings is 3. The van der Waals surface area contributed by atoms with Crippen molar-refractivity contribution in [1.82, 2.24) is 0 Å². The Hall–Kier alpha value is -2.77. The van der Waals surface area contributed by atoms with E-state index in [0.29, 0.717) is 22.1 Å². The van der Waals surface area contributed by atoms with Crippen LogP contribution in [-0.4, -0.2) is 34.2 Å². The molecule has 0 fully saturated rings. The molecule has 0 atom stereocenters. The summed E-state index contributed by atoms with van der Waals surface area (Å²) in [5, 5.41) is 4.71. The first kappa shape index (κ1) is 20.0. The summed E-state index contributed by atoms with van der Waals surface area (Å²) in [4.78, 5) is 12.6. The fourth-order valence-corrected chi connectivity index (χ4v) is 3.95. The van der Waals surface area contributed by atoms with Crippen LogP contribution in [0.15, 0.2) is 60.7 Å². The number of carbonyl (C=O) groups excluding carboxylic acids is 1. The normalized spacial score (nSPS) is 11.2. The predicted molar refractivity (Wildman–Crippen MR) is 113 cm³/mol. The summed E-state index contributed by atoms with van der Waals surface area (Å²) in [5.41, 5.74) is 0.806. The molecule has 0 saturated heterocycles. The molecule has 28 heavy (non-hydrogen) atoms. The van der Waals surface area contributed by atoms with Gasteiger partial charge in [-0.25, -0.2) is 8.42 Å². The number of amides is 1. The minimum absolute atomic E-state index is 0.367. The topological polar surface area (TPSA) is 75.7 Å². The van der Waals surface area contributed by atoms with Crippen molar-refractivity contribution in [3.05, 3.63) is 65.7 Å². The maximum absolute atomic E-state index is 12.6. The Morgan fingerprint density at radius 2 is 1.82 bits per heavy atom. The molecule has 0 aliphatic carbocycles. The van der Waals surface area contributed by atoms with Crippen molar-refractivity contribution in [1.29, 1.82) is 0 Å². The fourth-order valence-electron chi connectivity index (χ4n) is 2.90. The third-order valence-corrected chi connectivity index (χ3v) is 5.52. The van der Waals surface area contributed by atoms with Gasteiger partial charge in [0.15, 0.2) is 0 Å². The van der Waals surface area contributed by atoms with Gasteiger partial charge in [0.1, 0.15) is 12.3 Å². The standard InChI is InChI=1S/C20H19ClN2O4S/c1-27-19-11-10-15(21)12-17(19)22-20(24)13-23(28(2,25)26)18-9-5-7-14-6-3-4-8-16(14)18/h3-12H,13H2,1-2H3,(H,22,24). The number of fused-ring (bicyclic) bond motifs is 1. The number of ether oxygens (including phenoxy) is 1. The van der Waals surface area contributed by atoms with Gasteiger partial charge in [-0.3, -0.25) is 9.10 Å². The van der Waals surface area contributed by atoms with Crippen molar-refractivity contribution >= 4 is 49.7 Å². The van der Waals surface area contributed by atoms with Crippen LogP contribution in [0.4, 0.5) is 11.4 Å². The predicted octanol–water partition coefficient (Wildman–Crippen LogP) is 3.91. The second kappa shape index (κ2) is 8.08. The van der Waals surface area contributed by atoms with Gasteiger partial charge in [0.05, 0.1) is 24.7 Å². The van der Waals surface area contributed by atoms with Crippen LogP contribution in [0.3, 0.4) is 0 Å². The highest BCUT2D eigenvalue weighted by Gasteiger charge is 2.23. The van der Waals surface area contributed by atoms with E-state index in [-0.39, 0.29) is 6.54 Å². The lowest BCUT2D eigenvalue weighted by Crippen LogP contribution is -2.37. The minimum atomic E-state index is -3.71. The lowest BCUT2D eigenvalue weighted by Gasteiger charge is -2.23. The monoisotopic (exact) mass is 418 g/mol. The number of rotatable bonds is 6. The summed E-state index contributed by atoms with van der Waals surface area (Å²) >= 11 is 5.98. The average Bonchev–Trinajstić information content (AvgIpc) is 2.65. The van der Waals surface area contributed by atoms with Gasteiger partial charge in [0.2, 0.25) is 15.9 Å². The van der Waals surface area contributed by atoms with E-state index >= 15 is 0 Å². The van der Waals surface area contributed by atoms with Gasteiger partial charge in [0, 0.05) is 10.4 Å². The van der Waals surface area contributed by atoms with Gasteiger partial charge < -0.3 is 10.1 Å². The number of methoxy groups -OCH3 is 1. The molecule has 0 heterocycles. The molecule has 0 unspecified atom stereocenters. The highest BCUT2D eigenvalue weighted by atomic mass is 35.5. The molecule has 8 heteroatoms. The highest BCUT2D eigenvalue weighted by molar-refractivity contribution is 7.92. The second-order valence-corrected chi connectivity index (χ2v) is 8.50. The van der Waals surface area contributed by atoms with Crippen LogP contribution in [0.5, 0.6) is 5.75 Å². The molecule has 0 aromatic heterocycles. The molecule has 1 amide bonds. The van der Waals surface area contributed by atoms with E-state index in [4.69, 9.17) is 16.3 Å². The van der Waals surface area contributed by atoms with Crippen molar-refractivity contribution in [3.8, 4) is 5.75 Å². The van der Waals surface area contributed by atoms with E-state index in [1.54, 1.807) is 30.3 Å². The zero-order valence-corrected chi connectivity index (χ0v) is 16.9. The Morgan fingerprint density at radius 1 is 1.11 bits per heavy atom. The molecule has 3 aromatic rings. The van der Waals surface area contributed by atoms with Gasteiger partial charge in [-0.2, -0.15) is 0 Å². The van der Waals surface area contributed by atoms with Crippen LogP contribution >= 0.6 is 11.6 Å². The van der Waals surface area contributed by atoms with Crippen LogP contribution in [0.2, 0.25) is 5.02 Å². The first-order valence-electron chi connectivity index (χ1n) is 8.38. The lowest BCUT2D eigenvalue weighted by atomic mass is 10.1. The summed E-state index contributed by atoms with van der Waals surface area (Å²) in [6.07, 6.45) is 1.07. The van der Waals surface area contributed by atoms with Crippen LogP contribution in [0, 0.1) is 0 Å². The Balaban J connectivity index is 1.94. The Bertz CT molecular complexity index is 1130. The number of hydrogen-bond acceptors (Lipinski definition) is 4. The quantitative estimate of drug-likeness (QED) is 0.658. The molecular formula is C20H19ClN2O4S. The van der Waals surface area contributed by atoms with Crippen LogP contribution < -0.4 is 14.4 Å². The molecule has 3 rings (SSSR count). The summed E-state index contributed by atoms with van der Waals surface area (Å²) in [5.74, 6) is -0.0901. The van der Waals surface area contributed by atoms with E-state index < -0.39 is 15.9 Å². The van der Waals surface area contributed by atoms with Crippen molar-refractivity contribution in [2.24, 2.45) is 0 Å². The van der Waals surface area contributed by atoms with Gasteiger partial charge in [-0.1, -0.05) is 48.0 Å². The summed E-state index contributed by atoms with van der Waals surface area (Å²) in [6.45, 7) is -0.386. The number of sulfonamides is 1. The third kappa shape index (κ3) is 4.37. The first-order chi connectivity index (χ1) is 13.3. The Morgan fingerprint density at radius 3 is 2.54 bits per heavy atom. The molecule has 0 bridgehead atoms. The molecule has 0 aliphatic rings. The molecule has 146 valence electrons. The average molecular weight is 419 g/mol.